The van der Waals surface area contributed by atoms with Gasteiger partial charge in [0.2, 0.25) is 10.0 Å². The third kappa shape index (κ3) is 3.88. The summed E-state index contributed by atoms with van der Waals surface area (Å²) < 4.78 is 61.3. The quantitative estimate of drug-likeness (QED) is 0.827. The molecule has 1 rings (SSSR count). The van der Waals surface area contributed by atoms with Crippen molar-refractivity contribution in [2.45, 2.75) is 24.4 Å². The van der Waals surface area contributed by atoms with E-state index in [2.05, 4.69) is 0 Å². The number of benzene rings is 1. The van der Waals surface area contributed by atoms with Gasteiger partial charge in [0, 0.05) is 6.54 Å². The van der Waals surface area contributed by atoms with E-state index in [4.69, 9.17) is 5.73 Å². The van der Waals surface area contributed by atoms with Crippen LogP contribution in [0.25, 0.3) is 0 Å². The lowest BCUT2D eigenvalue weighted by Crippen LogP contribution is -2.29. The molecule has 1 aromatic rings. The molecule has 0 aromatic heterocycles. The Hall–Kier alpha value is -1.28. The van der Waals surface area contributed by atoms with Gasteiger partial charge in [0.25, 0.3) is 0 Å². The van der Waals surface area contributed by atoms with E-state index in [9.17, 15) is 21.6 Å². The summed E-state index contributed by atoms with van der Waals surface area (Å²) in [6.45, 7) is 0.814. The molecular formula is C10H13F3N2O2S. The molecule has 102 valence electrons. The van der Waals surface area contributed by atoms with Crippen LogP contribution in [-0.2, 0) is 10.0 Å². The molecule has 0 saturated heterocycles. The van der Waals surface area contributed by atoms with E-state index in [1.165, 1.54) is 19.1 Å². The molecule has 0 amide bonds. The summed E-state index contributed by atoms with van der Waals surface area (Å²) >= 11 is 0. The molecule has 3 N–H and O–H groups in total. The van der Waals surface area contributed by atoms with Crippen molar-refractivity contribution in [2.24, 2.45) is 0 Å². The number of halogens is 3. The van der Waals surface area contributed by atoms with E-state index in [0.29, 0.717) is 5.56 Å². The number of nitrogens with two attached hydrogens (primary N) is 1. The van der Waals surface area contributed by atoms with Gasteiger partial charge in [-0.05, 0) is 18.6 Å². The molecule has 0 heterocycles. The fraction of sp³-hybridized carbons (Fsp3) is 0.400. The second kappa shape index (κ2) is 5.15. The lowest BCUT2D eigenvalue weighted by Gasteiger charge is -2.12. The zero-order chi connectivity index (χ0) is 14.0. The van der Waals surface area contributed by atoms with E-state index in [1.54, 1.807) is 6.07 Å². The van der Waals surface area contributed by atoms with Crippen molar-refractivity contribution in [1.82, 2.24) is 4.72 Å². The highest BCUT2D eigenvalue weighted by atomic mass is 32.2. The number of sulfonamides is 1. The number of hydrogen-bond acceptors (Lipinski definition) is 3. The number of nitrogen functional groups attached to an aromatic ring is 1. The van der Waals surface area contributed by atoms with Crippen LogP contribution < -0.4 is 10.5 Å². The van der Waals surface area contributed by atoms with Crippen LogP contribution in [0.2, 0.25) is 0 Å². The SMILES string of the molecule is Cc1cccc(N)c1S(=O)(=O)NCCC(F)(F)F. The molecule has 0 atom stereocenters. The van der Waals surface area contributed by atoms with E-state index < -0.39 is 29.2 Å². The summed E-state index contributed by atoms with van der Waals surface area (Å²) in [5, 5.41) is 0. The normalized spacial score (nSPS) is 12.7. The first kappa shape index (κ1) is 14.8. The Morgan fingerprint density at radius 1 is 1.33 bits per heavy atom. The van der Waals surface area contributed by atoms with Gasteiger partial charge in [-0.1, -0.05) is 12.1 Å². The molecule has 0 aliphatic heterocycles. The average molecular weight is 282 g/mol. The van der Waals surface area contributed by atoms with Gasteiger partial charge in [0.1, 0.15) is 4.90 Å². The molecule has 0 spiro atoms. The highest BCUT2D eigenvalue weighted by Gasteiger charge is 2.28. The van der Waals surface area contributed by atoms with Gasteiger partial charge in [-0.25, -0.2) is 13.1 Å². The summed E-state index contributed by atoms with van der Waals surface area (Å²) in [4.78, 5) is -0.174. The maximum Gasteiger partial charge on any atom is 0.390 e. The van der Waals surface area contributed by atoms with Crippen molar-refractivity contribution in [3.05, 3.63) is 23.8 Å². The predicted octanol–water partition coefficient (Wildman–Crippen LogP) is 1.81. The fourth-order valence-corrected chi connectivity index (χ4v) is 2.83. The second-order valence-corrected chi connectivity index (χ2v) is 5.46. The van der Waals surface area contributed by atoms with Crippen molar-refractivity contribution in [3.63, 3.8) is 0 Å². The van der Waals surface area contributed by atoms with E-state index >= 15 is 0 Å². The number of hydrogen-bond donors (Lipinski definition) is 2. The molecular weight excluding hydrogens is 269 g/mol. The first-order valence-electron chi connectivity index (χ1n) is 5.05. The molecule has 0 saturated carbocycles. The monoisotopic (exact) mass is 282 g/mol. The van der Waals surface area contributed by atoms with Crippen molar-refractivity contribution in [2.75, 3.05) is 12.3 Å². The van der Waals surface area contributed by atoms with Gasteiger partial charge in [0.15, 0.2) is 0 Å². The molecule has 0 aliphatic rings. The van der Waals surface area contributed by atoms with Crippen LogP contribution in [0.15, 0.2) is 23.1 Å². The smallest absolute Gasteiger partial charge is 0.390 e. The van der Waals surface area contributed by atoms with Crippen LogP contribution >= 0.6 is 0 Å². The van der Waals surface area contributed by atoms with Crippen LogP contribution in [0.3, 0.4) is 0 Å². The molecule has 18 heavy (non-hydrogen) atoms. The zero-order valence-corrected chi connectivity index (χ0v) is 10.4. The lowest BCUT2D eigenvalue weighted by atomic mass is 10.2. The second-order valence-electron chi connectivity index (χ2n) is 3.76. The summed E-state index contributed by atoms with van der Waals surface area (Å²) in [6, 6.07) is 4.47. The van der Waals surface area contributed by atoms with Crippen LogP contribution in [0.1, 0.15) is 12.0 Å². The van der Waals surface area contributed by atoms with Crippen molar-refractivity contribution < 1.29 is 21.6 Å². The Balaban J connectivity index is 2.88. The average Bonchev–Trinajstić information content (AvgIpc) is 2.13. The van der Waals surface area contributed by atoms with Gasteiger partial charge in [-0.3, -0.25) is 0 Å². The number of nitrogens with one attached hydrogen (secondary N) is 1. The lowest BCUT2D eigenvalue weighted by molar-refractivity contribution is -0.132. The molecule has 0 aliphatic carbocycles. The largest absolute Gasteiger partial charge is 0.398 e. The van der Waals surface area contributed by atoms with Gasteiger partial charge in [-0.15, -0.1) is 0 Å². The Labute approximate surface area is 103 Å². The fourth-order valence-electron chi connectivity index (χ4n) is 1.44. The Bertz CT molecular complexity index is 506. The minimum absolute atomic E-state index is 0.00880. The molecule has 0 bridgehead atoms. The summed E-state index contributed by atoms with van der Waals surface area (Å²) in [5.41, 5.74) is 5.92. The van der Waals surface area contributed by atoms with Crippen LogP contribution in [-0.4, -0.2) is 21.1 Å². The van der Waals surface area contributed by atoms with E-state index in [1.807, 2.05) is 4.72 Å². The van der Waals surface area contributed by atoms with Crippen LogP contribution in [0.4, 0.5) is 18.9 Å². The van der Waals surface area contributed by atoms with Crippen molar-refractivity contribution in [3.8, 4) is 0 Å². The third-order valence-corrected chi connectivity index (χ3v) is 3.89. The number of aryl methyl sites for hydroxylation is 1. The van der Waals surface area contributed by atoms with Gasteiger partial charge < -0.3 is 5.73 Å². The maximum absolute atomic E-state index is 11.9. The summed E-state index contributed by atoms with van der Waals surface area (Å²) in [7, 11) is -4.02. The summed E-state index contributed by atoms with van der Waals surface area (Å²) in [6.07, 6.45) is -5.63. The molecule has 0 fully saturated rings. The minimum Gasteiger partial charge on any atom is -0.398 e. The highest BCUT2D eigenvalue weighted by molar-refractivity contribution is 7.89. The highest BCUT2D eigenvalue weighted by Crippen LogP contribution is 2.23. The van der Waals surface area contributed by atoms with E-state index in [-0.39, 0.29) is 10.6 Å². The predicted molar refractivity (Wildman–Crippen MR) is 61.5 cm³/mol. The molecule has 0 radical (unpaired) electrons. The van der Waals surface area contributed by atoms with Crippen LogP contribution in [0, 0.1) is 6.92 Å². The van der Waals surface area contributed by atoms with Crippen LogP contribution in [0.5, 0.6) is 0 Å². The minimum atomic E-state index is -4.40. The van der Waals surface area contributed by atoms with Gasteiger partial charge >= 0.3 is 6.18 Å². The van der Waals surface area contributed by atoms with Crippen molar-refractivity contribution in [1.29, 1.82) is 0 Å². The Kier molecular flexibility index (Phi) is 4.23. The number of alkyl halides is 3. The van der Waals surface area contributed by atoms with Gasteiger partial charge in [-0.2, -0.15) is 13.2 Å². The first-order valence-corrected chi connectivity index (χ1v) is 6.53. The summed E-state index contributed by atoms with van der Waals surface area (Å²) in [5.74, 6) is 0. The molecule has 4 nitrogen and oxygen atoms in total. The first-order chi connectivity index (χ1) is 8.13. The van der Waals surface area contributed by atoms with Gasteiger partial charge in [0.05, 0.1) is 12.1 Å². The number of anilines is 1. The topological polar surface area (TPSA) is 72.2 Å². The Morgan fingerprint density at radius 3 is 2.44 bits per heavy atom. The maximum atomic E-state index is 11.9. The molecule has 1 aromatic carbocycles. The molecule has 8 heteroatoms. The zero-order valence-electron chi connectivity index (χ0n) is 9.58. The third-order valence-electron chi connectivity index (χ3n) is 2.21. The van der Waals surface area contributed by atoms with E-state index in [0.717, 1.165) is 0 Å². The molecule has 0 unspecified atom stereocenters. The standard InChI is InChI=1S/C10H13F3N2O2S/c1-7-3-2-4-8(14)9(7)18(16,17)15-6-5-10(11,12)13/h2-4,15H,5-6,14H2,1H3. The van der Waals surface area contributed by atoms with Crippen molar-refractivity contribution >= 4 is 15.7 Å². The number of rotatable bonds is 4. The Morgan fingerprint density at radius 2 is 1.94 bits per heavy atom.